The van der Waals surface area contributed by atoms with E-state index in [1.54, 1.807) is 19.1 Å². The first-order valence-electron chi connectivity index (χ1n) is 5.72. The lowest BCUT2D eigenvalue weighted by molar-refractivity contribution is -0.677. The van der Waals surface area contributed by atoms with Crippen molar-refractivity contribution in [1.29, 1.82) is 0 Å². The quantitative estimate of drug-likeness (QED) is 0.580. The molecule has 0 saturated heterocycles. The van der Waals surface area contributed by atoms with Crippen LogP contribution in [-0.2, 0) is 24.2 Å². The topological polar surface area (TPSA) is 66.0 Å². The molecular formula is C13H18N2O3S. The van der Waals surface area contributed by atoms with E-state index in [2.05, 4.69) is 16.1 Å². The molecule has 0 aliphatic rings. The van der Waals surface area contributed by atoms with E-state index in [4.69, 9.17) is 0 Å². The van der Waals surface area contributed by atoms with Gasteiger partial charge in [-0.1, -0.05) is 18.2 Å². The Morgan fingerprint density at radius 1 is 1.21 bits per heavy atom. The van der Waals surface area contributed by atoms with E-state index in [9.17, 15) is 13.0 Å². The van der Waals surface area contributed by atoms with Gasteiger partial charge in [0, 0.05) is 6.92 Å². The summed E-state index contributed by atoms with van der Waals surface area (Å²) in [5, 5.41) is 0. The number of imidazole rings is 1. The molecular weight excluding hydrogens is 264 g/mol. The average Bonchev–Trinajstić information content (AvgIpc) is 2.61. The van der Waals surface area contributed by atoms with Gasteiger partial charge in [-0.2, -0.15) is 0 Å². The normalized spacial score (nSPS) is 10.8. The number of aromatic nitrogens is 2. The van der Waals surface area contributed by atoms with Gasteiger partial charge in [0.15, 0.2) is 0 Å². The third kappa shape index (κ3) is 4.18. The smallest absolute Gasteiger partial charge is 0.252 e. The van der Waals surface area contributed by atoms with E-state index >= 15 is 0 Å². The summed E-state index contributed by atoms with van der Waals surface area (Å²) in [4.78, 5) is -0.139. The summed E-state index contributed by atoms with van der Waals surface area (Å²) in [5.41, 5.74) is 0.488. The van der Waals surface area contributed by atoms with Crippen molar-refractivity contribution in [3.8, 4) is 0 Å². The summed E-state index contributed by atoms with van der Waals surface area (Å²) >= 11 is 0. The summed E-state index contributed by atoms with van der Waals surface area (Å²) in [6.45, 7) is 3.67. The first-order valence-corrected chi connectivity index (χ1v) is 7.13. The highest BCUT2D eigenvalue weighted by Gasteiger charge is 2.02. The minimum Gasteiger partial charge on any atom is -0.744 e. The second-order valence-electron chi connectivity index (χ2n) is 4.29. The van der Waals surface area contributed by atoms with Crippen molar-refractivity contribution >= 4 is 10.1 Å². The molecule has 0 bridgehead atoms. The van der Waals surface area contributed by atoms with Crippen molar-refractivity contribution in [3.63, 3.8) is 0 Å². The lowest BCUT2D eigenvalue weighted by atomic mass is 10.2. The van der Waals surface area contributed by atoms with Crippen LogP contribution in [-0.4, -0.2) is 17.5 Å². The zero-order chi connectivity index (χ0) is 14.6. The van der Waals surface area contributed by atoms with Crippen LogP contribution in [0, 0.1) is 13.8 Å². The predicted molar refractivity (Wildman–Crippen MR) is 70.5 cm³/mol. The highest BCUT2D eigenvalue weighted by Crippen LogP contribution is 2.12. The second-order valence-corrected chi connectivity index (χ2v) is 5.63. The zero-order valence-corrected chi connectivity index (χ0v) is 12.3. The number of hydrogen-bond donors (Lipinski definition) is 0. The lowest BCUT2D eigenvalue weighted by Crippen LogP contribution is -2.29. The number of nitrogens with zero attached hydrogens (tertiary/aromatic N) is 2. The van der Waals surface area contributed by atoms with Crippen molar-refractivity contribution < 1.29 is 17.5 Å². The molecule has 104 valence electrons. The van der Waals surface area contributed by atoms with Crippen LogP contribution < -0.4 is 4.57 Å². The van der Waals surface area contributed by atoms with Gasteiger partial charge < -0.3 is 4.55 Å². The molecule has 2 rings (SSSR count). The van der Waals surface area contributed by atoms with E-state index in [0.717, 1.165) is 0 Å². The van der Waals surface area contributed by atoms with Gasteiger partial charge in [-0.25, -0.2) is 17.6 Å². The molecule has 0 aliphatic heterocycles. The van der Waals surface area contributed by atoms with Crippen molar-refractivity contribution in [2.24, 2.45) is 14.1 Å². The molecule has 0 amide bonds. The molecule has 19 heavy (non-hydrogen) atoms. The van der Waals surface area contributed by atoms with Crippen LogP contribution in [0.3, 0.4) is 0 Å². The highest BCUT2D eigenvalue weighted by molar-refractivity contribution is 7.85. The van der Waals surface area contributed by atoms with Gasteiger partial charge in [-0.3, -0.25) is 0 Å². The Balaban J connectivity index is 0.000000200. The minimum atomic E-state index is -4.28. The van der Waals surface area contributed by atoms with E-state index in [1.165, 1.54) is 18.0 Å². The summed E-state index contributed by atoms with van der Waals surface area (Å²) < 4.78 is 35.7. The Bertz CT molecular complexity index is 641. The number of rotatable bonds is 1. The van der Waals surface area contributed by atoms with Crippen molar-refractivity contribution in [3.05, 3.63) is 48.0 Å². The van der Waals surface area contributed by atoms with Crippen LogP contribution in [0.25, 0.3) is 0 Å². The van der Waals surface area contributed by atoms with Gasteiger partial charge in [-0.15, -0.1) is 0 Å². The number of benzene rings is 1. The monoisotopic (exact) mass is 282 g/mol. The van der Waals surface area contributed by atoms with Crippen LogP contribution in [0.1, 0.15) is 11.4 Å². The van der Waals surface area contributed by atoms with Gasteiger partial charge in [0.1, 0.15) is 22.5 Å². The van der Waals surface area contributed by atoms with Gasteiger partial charge in [0.25, 0.3) is 5.82 Å². The van der Waals surface area contributed by atoms with Crippen molar-refractivity contribution in [1.82, 2.24) is 4.57 Å². The maximum Gasteiger partial charge on any atom is 0.252 e. The van der Waals surface area contributed by atoms with Crippen molar-refractivity contribution in [2.75, 3.05) is 0 Å². The first kappa shape index (κ1) is 15.4. The molecule has 0 saturated carbocycles. The molecule has 1 aromatic heterocycles. The van der Waals surface area contributed by atoms with E-state index < -0.39 is 10.1 Å². The average molecular weight is 282 g/mol. The molecule has 2 aromatic rings. The molecule has 1 heterocycles. The standard InChI is InChI=1S/C7H8O3S.C6H11N2/c1-6-4-2-3-5-7(6)11(8,9)10;1-6-7(2)4-5-8(6)3/h2-5H,1H3,(H,8,9,10);4-5H,1-3H3/q;+1/p-1. The van der Waals surface area contributed by atoms with Crippen LogP contribution >= 0.6 is 0 Å². The van der Waals surface area contributed by atoms with Crippen molar-refractivity contribution in [2.45, 2.75) is 18.7 Å². The van der Waals surface area contributed by atoms with Gasteiger partial charge in [0.05, 0.1) is 19.0 Å². The lowest BCUT2D eigenvalue weighted by Gasteiger charge is -2.08. The fraction of sp³-hybridized carbons (Fsp3) is 0.308. The summed E-state index contributed by atoms with van der Waals surface area (Å²) in [6, 6.07) is 6.10. The molecule has 5 nitrogen and oxygen atoms in total. The molecule has 0 aliphatic carbocycles. The number of hydrogen-bond acceptors (Lipinski definition) is 3. The number of aryl methyl sites for hydroxylation is 3. The fourth-order valence-electron chi connectivity index (χ4n) is 1.50. The maximum absolute atomic E-state index is 10.5. The minimum absolute atomic E-state index is 0.139. The maximum atomic E-state index is 10.5. The molecule has 1 aromatic carbocycles. The Morgan fingerprint density at radius 3 is 2.05 bits per heavy atom. The van der Waals surface area contributed by atoms with Crippen LogP contribution in [0.5, 0.6) is 0 Å². The molecule has 0 fully saturated rings. The highest BCUT2D eigenvalue weighted by atomic mass is 32.2. The third-order valence-corrected chi connectivity index (χ3v) is 3.89. The van der Waals surface area contributed by atoms with E-state index in [0.29, 0.717) is 5.56 Å². The van der Waals surface area contributed by atoms with Crippen LogP contribution in [0.15, 0.2) is 41.6 Å². The Labute approximate surface area is 113 Å². The molecule has 0 unspecified atom stereocenters. The zero-order valence-electron chi connectivity index (χ0n) is 11.5. The van der Waals surface area contributed by atoms with Gasteiger partial charge in [-0.05, 0) is 18.6 Å². The largest absolute Gasteiger partial charge is 0.744 e. The molecule has 0 spiro atoms. The second kappa shape index (κ2) is 5.99. The molecule has 0 N–H and O–H groups in total. The summed E-state index contributed by atoms with van der Waals surface area (Å²) in [7, 11) is -0.209. The van der Waals surface area contributed by atoms with Crippen LogP contribution in [0.4, 0.5) is 0 Å². The molecule has 0 atom stereocenters. The fourth-order valence-corrected chi connectivity index (χ4v) is 2.21. The van der Waals surface area contributed by atoms with E-state index in [1.807, 2.05) is 26.5 Å². The summed E-state index contributed by atoms with van der Waals surface area (Å²) in [6.07, 6.45) is 4.07. The molecule has 6 heteroatoms. The SMILES string of the molecule is Cc1ccccc1S(=O)(=O)[O-].Cc1n(C)cc[n+]1C. The predicted octanol–water partition coefficient (Wildman–Crippen LogP) is 1.06. The summed E-state index contributed by atoms with van der Waals surface area (Å²) in [5.74, 6) is 1.27. The van der Waals surface area contributed by atoms with Gasteiger partial charge in [0.2, 0.25) is 0 Å². The Morgan fingerprint density at radius 2 is 1.79 bits per heavy atom. The van der Waals surface area contributed by atoms with Crippen LogP contribution in [0.2, 0.25) is 0 Å². The Hall–Kier alpha value is -1.66. The third-order valence-electron chi connectivity index (χ3n) is 2.90. The molecule has 0 radical (unpaired) electrons. The Kier molecular flexibility index (Phi) is 4.85. The van der Waals surface area contributed by atoms with E-state index in [-0.39, 0.29) is 4.90 Å². The van der Waals surface area contributed by atoms with Gasteiger partial charge >= 0.3 is 0 Å². The first-order chi connectivity index (χ1) is 8.73.